The molecule has 0 bridgehead atoms. The van der Waals surface area contributed by atoms with Crippen LogP contribution in [0.2, 0.25) is 0 Å². The van der Waals surface area contributed by atoms with E-state index in [9.17, 15) is 28.2 Å². The third kappa shape index (κ3) is 4.60. The van der Waals surface area contributed by atoms with Gasteiger partial charge in [-0.15, -0.1) is 0 Å². The number of aliphatic carboxylic acids is 1. The van der Waals surface area contributed by atoms with E-state index in [0.717, 1.165) is 0 Å². The molecule has 4 nitrogen and oxygen atoms in total. The molecule has 1 aromatic carbocycles. The van der Waals surface area contributed by atoms with Crippen LogP contribution in [0, 0.1) is 0 Å². The molecular formula is C15H17BrF3O4-. The van der Waals surface area contributed by atoms with E-state index in [1.54, 1.807) is 18.2 Å². The highest BCUT2D eigenvalue weighted by Crippen LogP contribution is 2.45. The van der Waals surface area contributed by atoms with Gasteiger partial charge in [-0.05, 0) is 30.0 Å². The van der Waals surface area contributed by atoms with Gasteiger partial charge in [-0.3, -0.25) is 0 Å². The number of carboxylic acid groups (broad SMARTS) is 1. The summed E-state index contributed by atoms with van der Waals surface area (Å²) in [6.07, 6.45) is -7.50. The second-order valence-corrected chi connectivity index (χ2v) is 6.90. The minimum atomic E-state index is -5.11. The fourth-order valence-electron chi connectivity index (χ4n) is 2.54. The number of hydrogen-bond acceptors (Lipinski definition) is 4. The highest BCUT2D eigenvalue weighted by atomic mass is 79.9. The maximum absolute atomic E-state index is 13.2. The summed E-state index contributed by atoms with van der Waals surface area (Å²) in [5.74, 6) is -1.63. The fourth-order valence-corrected chi connectivity index (χ4v) is 2.90. The summed E-state index contributed by atoms with van der Waals surface area (Å²) >= 11 is 3.23. The Morgan fingerprint density at radius 3 is 2.35 bits per heavy atom. The van der Waals surface area contributed by atoms with Gasteiger partial charge >= 0.3 is 6.18 Å². The average Bonchev–Trinajstić information content (AvgIpc) is 2.35. The second-order valence-electron chi connectivity index (χ2n) is 5.98. The standard InChI is InChI=1S/C15H18BrF3O4/c1-13(2,10-6-9(16)4-5-11(10)23-3)8-14(22,7-12(20)21)15(17,18)19/h4-6,22H,7-8H2,1-3H3,(H,20,21)/p-1/t14-/m0/s1. The quantitative estimate of drug-likeness (QED) is 0.800. The van der Waals surface area contributed by atoms with Gasteiger partial charge in [-0.2, -0.15) is 13.2 Å². The molecule has 0 heterocycles. The molecule has 0 aliphatic heterocycles. The lowest BCUT2D eigenvalue weighted by Crippen LogP contribution is -2.52. The summed E-state index contributed by atoms with van der Waals surface area (Å²) in [7, 11) is 1.37. The zero-order valence-electron chi connectivity index (χ0n) is 12.8. The summed E-state index contributed by atoms with van der Waals surface area (Å²) in [4.78, 5) is 10.7. The maximum atomic E-state index is 13.2. The number of carbonyl (C=O) groups excluding carboxylic acids is 1. The Morgan fingerprint density at radius 1 is 1.35 bits per heavy atom. The molecule has 23 heavy (non-hydrogen) atoms. The van der Waals surface area contributed by atoms with Crippen molar-refractivity contribution in [1.82, 2.24) is 0 Å². The number of benzene rings is 1. The first-order chi connectivity index (χ1) is 10.3. The van der Waals surface area contributed by atoms with Crippen LogP contribution in [0.1, 0.15) is 32.3 Å². The topological polar surface area (TPSA) is 69.6 Å². The molecule has 0 radical (unpaired) electrons. The van der Waals surface area contributed by atoms with Crippen molar-refractivity contribution in [2.24, 2.45) is 0 Å². The molecule has 0 saturated heterocycles. The molecule has 0 amide bonds. The van der Waals surface area contributed by atoms with Gasteiger partial charge in [0.05, 0.1) is 7.11 Å². The average molecular weight is 398 g/mol. The van der Waals surface area contributed by atoms with Gasteiger partial charge in [0.2, 0.25) is 0 Å². The summed E-state index contributed by atoms with van der Waals surface area (Å²) in [6.45, 7) is 2.95. The smallest absolute Gasteiger partial charge is 0.417 e. The molecule has 1 atom stereocenters. The third-order valence-electron chi connectivity index (χ3n) is 3.59. The first-order valence-corrected chi connectivity index (χ1v) is 7.45. The third-order valence-corrected chi connectivity index (χ3v) is 4.08. The normalized spacial score (nSPS) is 15.1. The van der Waals surface area contributed by atoms with Gasteiger partial charge < -0.3 is 19.7 Å². The van der Waals surface area contributed by atoms with Crippen LogP contribution >= 0.6 is 15.9 Å². The molecule has 1 aromatic rings. The second kappa shape index (κ2) is 6.68. The van der Waals surface area contributed by atoms with E-state index >= 15 is 0 Å². The number of methoxy groups -OCH3 is 1. The first kappa shape index (κ1) is 19.8. The lowest BCUT2D eigenvalue weighted by Gasteiger charge is -2.38. The molecule has 130 valence electrons. The van der Waals surface area contributed by atoms with Crippen LogP contribution in [0.3, 0.4) is 0 Å². The van der Waals surface area contributed by atoms with E-state index in [2.05, 4.69) is 15.9 Å². The minimum Gasteiger partial charge on any atom is -0.550 e. The molecule has 8 heteroatoms. The number of ether oxygens (including phenoxy) is 1. The number of carbonyl (C=O) groups is 1. The highest BCUT2D eigenvalue weighted by Gasteiger charge is 2.56. The van der Waals surface area contributed by atoms with Gasteiger partial charge in [-0.1, -0.05) is 29.8 Å². The Bertz CT molecular complexity index is 587. The predicted octanol–water partition coefficient (Wildman–Crippen LogP) is 2.56. The van der Waals surface area contributed by atoms with Gasteiger partial charge in [0.1, 0.15) is 5.75 Å². The van der Waals surface area contributed by atoms with Crippen LogP contribution in [0.25, 0.3) is 0 Å². The lowest BCUT2D eigenvalue weighted by atomic mass is 9.73. The number of carboxylic acids is 1. The van der Waals surface area contributed by atoms with E-state index in [1.165, 1.54) is 21.0 Å². The first-order valence-electron chi connectivity index (χ1n) is 6.65. The number of aliphatic hydroxyl groups is 1. The summed E-state index contributed by atoms with van der Waals surface area (Å²) in [5.41, 5.74) is -4.20. The Kier molecular flexibility index (Phi) is 5.74. The van der Waals surface area contributed by atoms with E-state index < -0.39 is 36.0 Å². The van der Waals surface area contributed by atoms with E-state index in [1.807, 2.05) is 0 Å². The number of hydrogen-bond donors (Lipinski definition) is 1. The zero-order valence-corrected chi connectivity index (χ0v) is 14.4. The molecule has 0 aromatic heterocycles. The van der Waals surface area contributed by atoms with E-state index in [4.69, 9.17) is 4.74 Å². The van der Waals surface area contributed by atoms with Crippen molar-refractivity contribution < 1.29 is 32.9 Å². The van der Waals surface area contributed by atoms with Crippen LogP contribution in [0.4, 0.5) is 13.2 Å². The Labute approximate surface area is 140 Å². The van der Waals surface area contributed by atoms with Crippen LogP contribution in [0.15, 0.2) is 22.7 Å². The number of alkyl halides is 3. The molecule has 0 unspecified atom stereocenters. The fraction of sp³-hybridized carbons (Fsp3) is 0.533. The van der Waals surface area contributed by atoms with Crippen LogP contribution in [-0.4, -0.2) is 30.0 Å². The molecule has 0 spiro atoms. The number of rotatable bonds is 6. The lowest BCUT2D eigenvalue weighted by molar-refractivity contribution is -0.323. The van der Waals surface area contributed by atoms with E-state index in [0.29, 0.717) is 15.8 Å². The molecule has 0 saturated carbocycles. The largest absolute Gasteiger partial charge is 0.550 e. The van der Waals surface area contributed by atoms with Crippen molar-refractivity contribution in [3.05, 3.63) is 28.2 Å². The Hall–Kier alpha value is -1.28. The summed E-state index contributed by atoms with van der Waals surface area (Å²) in [5, 5.41) is 20.6. The molecule has 0 aliphatic rings. The van der Waals surface area contributed by atoms with Crippen molar-refractivity contribution >= 4 is 21.9 Å². The highest BCUT2D eigenvalue weighted by molar-refractivity contribution is 9.10. The van der Waals surface area contributed by atoms with Crippen molar-refractivity contribution in [3.8, 4) is 5.75 Å². The van der Waals surface area contributed by atoms with Crippen molar-refractivity contribution in [2.75, 3.05) is 7.11 Å². The Morgan fingerprint density at radius 2 is 1.91 bits per heavy atom. The van der Waals surface area contributed by atoms with E-state index in [-0.39, 0.29) is 0 Å². The van der Waals surface area contributed by atoms with Gasteiger partial charge in [0.25, 0.3) is 0 Å². The molecule has 0 aliphatic carbocycles. The summed E-state index contributed by atoms with van der Waals surface area (Å²) in [6, 6.07) is 4.82. The molecule has 0 fully saturated rings. The minimum absolute atomic E-state index is 0.344. The van der Waals surface area contributed by atoms with Gasteiger partial charge in [-0.25, -0.2) is 0 Å². The van der Waals surface area contributed by atoms with Gasteiger partial charge in [0, 0.05) is 22.4 Å². The van der Waals surface area contributed by atoms with Crippen molar-refractivity contribution in [1.29, 1.82) is 0 Å². The van der Waals surface area contributed by atoms with Crippen LogP contribution in [0.5, 0.6) is 5.75 Å². The van der Waals surface area contributed by atoms with Crippen LogP contribution < -0.4 is 9.84 Å². The van der Waals surface area contributed by atoms with Gasteiger partial charge in [0.15, 0.2) is 5.60 Å². The SMILES string of the molecule is COc1ccc(Br)cc1C(C)(C)C[C@@](O)(CC(=O)[O-])C(F)(F)F. The van der Waals surface area contributed by atoms with Crippen molar-refractivity contribution in [3.63, 3.8) is 0 Å². The van der Waals surface area contributed by atoms with Crippen LogP contribution in [-0.2, 0) is 10.2 Å². The predicted molar refractivity (Wildman–Crippen MR) is 79.0 cm³/mol. The maximum Gasteiger partial charge on any atom is 0.417 e. The Balaban J connectivity index is 3.31. The number of halogens is 4. The molecular weight excluding hydrogens is 381 g/mol. The molecule has 1 rings (SSSR count). The summed E-state index contributed by atoms with van der Waals surface area (Å²) < 4.78 is 45.4. The monoisotopic (exact) mass is 397 g/mol. The zero-order chi connectivity index (χ0) is 18.1. The van der Waals surface area contributed by atoms with Crippen molar-refractivity contribution in [2.45, 2.75) is 43.9 Å². The molecule has 1 N–H and O–H groups in total.